The molecule has 1 heterocycles. The Bertz CT molecular complexity index is 1020. The number of nitriles is 1. The second kappa shape index (κ2) is 9.02. The third kappa shape index (κ3) is 4.49. The molecule has 6 heteroatoms. The van der Waals surface area contributed by atoms with Gasteiger partial charge >= 0.3 is 0 Å². The highest BCUT2D eigenvalue weighted by Crippen LogP contribution is 2.39. The van der Waals surface area contributed by atoms with E-state index in [1.165, 1.54) is 30.2 Å². The second-order valence-electron chi connectivity index (χ2n) is 7.52. The molecular formula is C23H23ClN4S. The summed E-state index contributed by atoms with van der Waals surface area (Å²) in [5.74, 6) is 0.803. The van der Waals surface area contributed by atoms with Crippen LogP contribution >= 0.6 is 23.4 Å². The van der Waals surface area contributed by atoms with Gasteiger partial charge in [-0.15, -0.1) is 10.2 Å². The molecule has 0 aliphatic heterocycles. The molecule has 4 rings (SSSR count). The molecule has 1 aliphatic rings. The van der Waals surface area contributed by atoms with E-state index in [4.69, 9.17) is 11.6 Å². The van der Waals surface area contributed by atoms with Gasteiger partial charge in [0, 0.05) is 11.6 Å². The highest BCUT2D eigenvalue weighted by molar-refractivity contribution is 8.00. The average molecular weight is 423 g/mol. The van der Waals surface area contributed by atoms with Crippen molar-refractivity contribution in [2.24, 2.45) is 0 Å². The molecule has 1 fully saturated rings. The summed E-state index contributed by atoms with van der Waals surface area (Å²) in [7, 11) is 0. The van der Waals surface area contributed by atoms with Crippen LogP contribution in [-0.4, -0.2) is 20.0 Å². The zero-order valence-corrected chi connectivity index (χ0v) is 18.0. The molecule has 4 nitrogen and oxygen atoms in total. The monoisotopic (exact) mass is 422 g/mol. The Morgan fingerprint density at radius 3 is 2.55 bits per heavy atom. The van der Waals surface area contributed by atoms with Gasteiger partial charge in [-0.3, -0.25) is 4.57 Å². The fourth-order valence-corrected chi connectivity index (χ4v) is 5.09. The molecular weight excluding hydrogens is 400 g/mol. The lowest BCUT2D eigenvalue weighted by Crippen LogP contribution is -2.11. The van der Waals surface area contributed by atoms with Gasteiger partial charge in [-0.05, 0) is 43.9 Å². The van der Waals surface area contributed by atoms with Gasteiger partial charge in [0.2, 0.25) is 0 Å². The standard InChI is InChI=1S/C23H23ClN4S/c1-16-10-12-17(13-11-16)14-19(15-25)29-23-27-26-22(20-8-4-5-9-21(20)24)28(23)18-6-2-3-7-18/h4-5,8-13,18-19H,2-3,6-7,14H2,1H3/t19-/m0/s1. The van der Waals surface area contributed by atoms with E-state index in [0.29, 0.717) is 17.5 Å². The summed E-state index contributed by atoms with van der Waals surface area (Å²) < 4.78 is 2.22. The lowest BCUT2D eigenvalue weighted by molar-refractivity contribution is 0.485. The Balaban J connectivity index is 1.65. The van der Waals surface area contributed by atoms with Crippen LogP contribution in [0.3, 0.4) is 0 Å². The Morgan fingerprint density at radius 2 is 1.86 bits per heavy atom. The molecule has 1 atom stereocenters. The van der Waals surface area contributed by atoms with Gasteiger partial charge in [-0.2, -0.15) is 5.26 Å². The molecule has 0 amide bonds. The lowest BCUT2D eigenvalue weighted by atomic mass is 10.1. The van der Waals surface area contributed by atoms with Crippen molar-refractivity contribution in [1.82, 2.24) is 14.8 Å². The van der Waals surface area contributed by atoms with Crippen LogP contribution in [-0.2, 0) is 6.42 Å². The van der Waals surface area contributed by atoms with Crippen molar-refractivity contribution < 1.29 is 0 Å². The fourth-order valence-electron chi connectivity index (χ4n) is 3.85. The minimum Gasteiger partial charge on any atom is -0.299 e. The van der Waals surface area contributed by atoms with E-state index in [9.17, 15) is 5.26 Å². The summed E-state index contributed by atoms with van der Waals surface area (Å²) in [6.07, 6.45) is 5.32. The van der Waals surface area contributed by atoms with Crippen LogP contribution in [0.1, 0.15) is 42.9 Å². The average Bonchev–Trinajstić information content (AvgIpc) is 3.39. The first-order valence-electron chi connectivity index (χ1n) is 9.97. The summed E-state index contributed by atoms with van der Waals surface area (Å²) >= 11 is 7.97. The van der Waals surface area contributed by atoms with Crippen LogP contribution < -0.4 is 0 Å². The minimum absolute atomic E-state index is 0.221. The van der Waals surface area contributed by atoms with Crippen molar-refractivity contribution in [3.8, 4) is 17.5 Å². The number of thioether (sulfide) groups is 1. The number of nitrogens with zero attached hydrogens (tertiary/aromatic N) is 4. The van der Waals surface area contributed by atoms with Crippen LogP contribution in [0.4, 0.5) is 0 Å². The molecule has 148 valence electrons. The van der Waals surface area contributed by atoms with Crippen LogP contribution in [0.15, 0.2) is 53.7 Å². The number of hydrogen-bond donors (Lipinski definition) is 0. The van der Waals surface area contributed by atoms with E-state index in [-0.39, 0.29) is 5.25 Å². The number of halogens is 1. The summed E-state index contributed by atoms with van der Waals surface area (Å²) in [4.78, 5) is 0. The second-order valence-corrected chi connectivity index (χ2v) is 9.10. The minimum atomic E-state index is -0.221. The summed E-state index contributed by atoms with van der Waals surface area (Å²) in [6, 6.07) is 18.9. The van der Waals surface area contributed by atoms with Crippen molar-refractivity contribution in [3.05, 3.63) is 64.7 Å². The van der Waals surface area contributed by atoms with Gasteiger partial charge in [0.05, 0.1) is 11.1 Å². The Morgan fingerprint density at radius 1 is 1.14 bits per heavy atom. The molecule has 0 saturated heterocycles. The van der Waals surface area contributed by atoms with Crippen molar-refractivity contribution in [1.29, 1.82) is 5.26 Å². The number of aryl methyl sites for hydroxylation is 1. The normalized spacial score (nSPS) is 15.3. The smallest absolute Gasteiger partial charge is 0.193 e. The number of hydrogen-bond acceptors (Lipinski definition) is 4. The van der Waals surface area contributed by atoms with Crippen molar-refractivity contribution in [2.75, 3.05) is 0 Å². The zero-order valence-electron chi connectivity index (χ0n) is 16.4. The molecule has 1 saturated carbocycles. The van der Waals surface area contributed by atoms with Gasteiger partial charge in [-0.25, -0.2) is 0 Å². The third-order valence-corrected chi connectivity index (χ3v) is 6.78. The van der Waals surface area contributed by atoms with Crippen LogP contribution in [0, 0.1) is 18.3 Å². The molecule has 0 radical (unpaired) electrons. The van der Waals surface area contributed by atoms with E-state index < -0.39 is 0 Å². The van der Waals surface area contributed by atoms with Gasteiger partial charge in [0.1, 0.15) is 5.25 Å². The summed E-state index contributed by atoms with van der Waals surface area (Å²) in [5.41, 5.74) is 3.28. The largest absolute Gasteiger partial charge is 0.299 e. The van der Waals surface area contributed by atoms with Gasteiger partial charge < -0.3 is 0 Å². The van der Waals surface area contributed by atoms with Crippen molar-refractivity contribution >= 4 is 23.4 Å². The SMILES string of the molecule is Cc1ccc(C[C@@H](C#N)Sc2nnc(-c3ccccc3Cl)n2C2CCCC2)cc1. The third-order valence-electron chi connectivity index (χ3n) is 5.40. The molecule has 0 bridgehead atoms. The van der Waals surface area contributed by atoms with Gasteiger partial charge in [-0.1, -0.05) is 78.2 Å². The molecule has 0 N–H and O–H groups in total. The Hall–Kier alpha value is -2.29. The maximum Gasteiger partial charge on any atom is 0.193 e. The first-order valence-corrected chi connectivity index (χ1v) is 11.2. The van der Waals surface area contributed by atoms with Crippen LogP contribution in [0.2, 0.25) is 5.02 Å². The van der Waals surface area contributed by atoms with E-state index in [1.807, 2.05) is 24.3 Å². The molecule has 2 aromatic carbocycles. The van der Waals surface area contributed by atoms with Crippen molar-refractivity contribution in [2.45, 2.75) is 55.5 Å². The topological polar surface area (TPSA) is 54.5 Å². The number of rotatable bonds is 6. The maximum atomic E-state index is 9.78. The van der Waals surface area contributed by atoms with E-state index in [1.54, 1.807) is 0 Å². The molecule has 0 unspecified atom stereocenters. The first-order chi connectivity index (χ1) is 14.2. The summed E-state index contributed by atoms with van der Waals surface area (Å²) in [6.45, 7) is 2.07. The van der Waals surface area contributed by atoms with E-state index in [2.05, 4.69) is 52.0 Å². The fraction of sp³-hybridized carbons (Fsp3) is 0.348. The van der Waals surface area contributed by atoms with Crippen LogP contribution in [0.5, 0.6) is 0 Å². The Labute approximate surface area is 180 Å². The first kappa shape index (κ1) is 20.0. The maximum absolute atomic E-state index is 9.78. The van der Waals surface area contributed by atoms with Crippen LogP contribution in [0.25, 0.3) is 11.4 Å². The zero-order chi connectivity index (χ0) is 20.2. The van der Waals surface area contributed by atoms with Gasteiger partial charge in [0.25, 0.3) is 0 Å². The Kier molecular flexibility index (Phi) is 6.22. The number of aromatic nitrogens is 3. The number of benzene rings is 2. The predicted molar refractivity (Wildman–Crippen MR) is 118 cm³/mol. The lowest BCUT2D eigenvalue weighted by Gasteiger charge is -2.18. The predicted octanol–water partition coefficient (Wildman–Crippen LogP) is 6.25. The molecule has 1 aliphatic carbocycles. The molecule has 1 aromatic heterocycles. The highest BCUT2D eigenvalue weighted by atomic mass is 35.5. The van der Waals surface area contributed by atoms with Gasteiger partial charge in [0.15, 0.2) is 11.0 Å². The van der Waals surface area contributed by atoms with Crippen molar-refractivity contribution in [3.63, 3.8) is 0 Å². The molecule has 0 spiro atoms. The highest BCUT2D eigenvalue weighted by Gasteiger charge is 2.27. The summed E-state index contributed by atoms with van der Waals surface area (Å²) in [5, 5.41) is 20.0. The quantitative estimate of drug-likeness (QED) is 0.440. The van der Waals surface area contributed by atoms with E-state index in [0.717, 1.165) is 34.9 Å². The van der Waals surface area contributed by atoms with E-state index >= 15 is 0 Å². The molecule has 29 heavy (non-hydrogen) atoms. The molecule has 3 aromatic rings.